The van der Waals surface area contributed by atoms with Crippen molar-refractivity contribution in [3.8, 4) is 0 Å². The maximum Gasteiger partial charge on any atom is 0.100 e. The Morgan fingerprint density at radius 1 is 1.32 bits per heavy atom. The Balaban J connectivity index is 2.72. The van der Waals surface area contributed by atoms with Gasteiger partial charge in [0.1, 0.15) is 6.10 Å². The lowest BCUT2D eigenvalue weighted by molar-refractivity contribution is 0.0132. The van der Waals surface area contributed by atoms with Gasteiger partial charge in [0.05, 0.1) is 6.10 Å². The maximum atomic E-state index is 10.2. The highest BCUT2D eigenvalue weighted by atomic mass is 16.3. The van der Waals surface area contributed by atoms with Gasteiger partial charge in [-0.3, -0.25) is 0 Å². The predicted octanol–water partition coefficient (Wildman–Crippen LogP) is 4.50. The van der Waals surface area contributed by atoms with Crippen molar-refractivity contribution in [1.29, 1.82) is 0 Å². The van der Waals surface area contributed by atoms with Gasteiger partial charge in [0.2, 0.25) is 0 Å². The number of allylic oxidation sites excluding steroid dienone is 2. The van der Waals surface area contributed by atoms with E-state index >= 15 is 0 Å². The van der Waals surface area contributed by atoms with Crippen LogP contribution in [0.25, 0.3) is 0 Å². The zero-order chi connectivity index (χ0) is 17.1. The van der Waals surface area contributed by atoms with E-state index in [2.05, 4.69) is 46.6 Å². The summed E-state index contributed by atoms with van der Waals surface area (Å²) in [6.45, 7) is 20.3. The number of hydrogen-bond acceptors (Lipinski definition) is 2. The summed E-state index contributed by atoms with van der Waals surface area (Å²) in [4.78, 5) is 0. The highest BCUT2D eigenvalue weighted by Crippen LogP contribution is 2.49. The molecule has 0 heterocycles. The summed E-state index contributed by atoms with van der Waals surface area (Å²) in [5.41, 5.74) is 1.99. The van der Waals surface area contributed by atoms with Crippen LogP contribution < -0.4 is 0 Å². The molecule has 2 heteroatoms. The molecule has 2 nitrogen and oxygen atoms in total. The quantitative estimate of drug-likeness (QED) is 0.680. The van der Waals surface area contributed by atoms with Gasteiger partial charge in [0.25, 0.3) is 0 Å². The van der Waals surface area contributed by atoms with Crippen molar-refractivity contribution in [1.82, 2.24) is 0 Å². The van der Waals surface area contributed by atoms with E-state index in [0.29, 0.717) is 29.7 Å². The Morgan fingerprint density at radius 2 is 1.91 bits per heavy atom. The number of aliphatic hydroxyl groups is 2. The fourth-order valence-corrected chi connectivity index (χ4v) is 3.92. The lowest BCUT2D eigenvalue weighted by Gasteiger charge is -2.45. The molecular formula is C20H34O2. The Labute approximate surface area is 136 Å². The zero-order valence-corrected chi connectivity index (χ0v) is 14.8. The summed E-state index contributed by atoms with van der Waals surface area (Å²) in [7, 11) is 0. The molecule has 3 unspecified atom stereocenters. The molecule has 0 aromatic carbocycles. The predicted molar refractivity (Wildman–Crippen MR) is 94.6 cm³/mol. The van der Waals surface area contributed by atoms with Gasteiger partial charge in [0.15, 0.2) is 0 Å². The van der Waals surface area contributed by atoms with Crippen LogP contribution in [-0.4, -0.2) is 22.4 Å². The molecule has 0 aromatic rings. The van der Waals surface area contributed by atoms with Crippen molar-refractivity contribution < 1.29 is 10.2 Å². The molecule has 0 saturated heterocycles. The van der Waals surface area contributed by atoms with E-state index in [1.807, 2.05) is 0 Å². The molecule has 1 aliphatic rings. The van der Waals surface area contributed by atoms with Gasteiger partial charge in [-0.1, -0.05) is 38.7 Å². The first-order valence-electron chi connectivity index (χ1n) is 8.43. The van der Waals surface area contributed by atoms with Gasteiger partial charge in [-0.25, -0.2) is 0 Å². The van der Waals surface area contributed by atoms with Crippen LogP contribution in [0.4, 0.5) is 0 Å². The maximum absolute atomic E-state index is 10.2. The van der Waals surface area contributed by atoms with E-state index in [4.69, 9.17) is 0 Å². The Bertz CT molecular complexity index is 425. The van der Waals surface area contributed by atoms with Gasteiger partial charge >= 0.3 is 0 Å². The van der Waals surface area contributed by atoms with Gasteiger partial charge < -0.3 is 10.2 Å². The molecule has 1 saturated carbocycles. The van der Waals surface area contributed by atoms with E-state index in [1.165, 1.54) is 5.57 Å². The first-order valence-corrected chi connectivity index (χ1v) is 8.43. The Hall–Kier alpha value is -0.860. The minimum absolute atomic E-state index is 0.137. The van der Waals surface area contributed by atoms with Crippen LogP contribution in [0, 0.1) is 23.2 Å². The molecule has 1 aliphatic carbocycles. The van der Waals surface area contributed by atoms with Crippen LogP contribution in [0.15, 0.2) is 37.0 Å². The molecule has 0 spiro atoms. The topological polar surface area (TPSA) is 40.5 Å². The van der Waals surface area contributed by atoms with Crippen molar-refractivity contribution in [2.45, 2.75) is 65.6 Å². The largest absolute Gasteiger partial charge is 0.390 e. The van der Waals surface area contributed by atoms with E-state index in [0.717, 1.165) is 19.3 Å². The Morgan fingerprint density at radius 3 is 2.36 bits per heavy atom. The van der Waals surface area contributed by atoms with E-state index in [9.17, 15) is 10.2 Å². The fourth-order valence-electron chi connectivity index (χ4n) is 3.92. The second kappa shape index (κ2) is 7.61. The standard InChI is InChI=1S/C20H34O2/c1-8-20(7)10-9-16(12-17(20)13(2)3)15(6)11-18(21)19(22)14(4)5/h8,15-19,21-22H,1-2,4,9-12H2,3,5-7H3/t15?,16-,17+,18?,19?,20-/m0/s1. The summed E-state index contributed by atoms with van der Waals surface area (Å²) < 4.78 is 0. The van der Waals surface area contributed by atoms with Gasteiger partial charge in [-0.05, 0) is 68.3 Å². The Kier molecular flexibility index (Phi) is 6.64. The van der Waals surface area contributed by atoms with Gasteiger partial charge in [-0.2, -0.15) is 0 Å². The first kappa shape index (κ1) is 19.2. The average molecular weight is 306 g/mol. The van der Waals surface area contributed by atoms with Crippen molar-refractivity contribution >= 4 is 0 Å². The number of hydrogen-bond donors (Lipinski definition) is 2. The molecule has 0 amide bonds. The molecule has 126 valence electrons. The normalized spacial score (nSPS) is 32.8. The van der Waals surface area contributed by atoms with Crippen LogP contribution in [0.3, 0.4) is 0 Å². The van der Waals surface area contributed by atoms with Crippen molar-refractivity contribution in [3.05, 3.63) is 37.0 Å². The third kappa shape index (κ3) is 4.33. The van der Waals surface area contributed by atoms with Gasteiger partial charge in [-0.15, -0.1) is 6.58 Å². The summed E-state index contributed by atoms with van der Waals surface area (Å²) in [6, 6.07) is 0. The molecule has 1 rings (SSSR count). The second-order valence-electron chi connectivity index (χ2n) is 7.71. The third-order valence-corrected chi connectivity index (χ3v) is 5.74. The zero-order valence-electron chi connectivity index (χ0n) is 14.8. The van der Waals surface area contributed by atoms with Gasteiger partial charge in [0, 0.05) is 0 Å². The highest BCUT2D eigenvalue weighted by molar-refractivity contribution is 5.12. The molecule has 1 fully saturated rings. The summed E-state index contributed by atoms with van der Waals surface area (Å²) in [6.07, 6.45) is 4.52. The monoisotopic (exact) mass is 306 g/mol. The summed E-state index contributed by atoms with van der Waals surface area (Å²) >= 11 is 0. The molecule has 0 aliphatic heterocycles. The lowest BCUT2D eigenvalue weighted by atomic mass is 9.60. The molecule has 0 aromatic heterocycles. The molecular weight excluding hydrogens is 272 g/mol. The third-order valence-electron chi connectivity index (χ3n) is 5.74. The van der Waals surface area contributed by atoms with E-state index in [-0.39, 0.29) is 5.41 Å². The van der Waals surface area contributed by atoms with Crippen LogP contribution in [0.2, 0.25) is 0 Å². The second-order valence-corrected chi connectivity index (χ2v) is 7.71. The molecule has 0 bridgehead atoms. The SMILES string of the molecule is C=C[C@@]1(C)CC[C@H](C(C)CC(O)C(O)C(=C)C)C[C@@H]1C(=C)C. The van der Waals surface area contributed by atoms with Crippen molar-refractivity contribution in [2.75, 3.05) is 0 Å². The average Bonchev–Trinajstić information content (AvgIpc) is 2.46. The number of rotatable bonds is 7. The van der Waals surface area contributed by atoms with Crippen LogP contribution >= 0.6 is 0 Å². The first-order chi connectivity index (χ1) is 10.1. The van der Waals surface area contributed by atoms with Crippen molar-refractivity contribution in [3.63, 3.8) is 0 Å². The van der Waals surface area contributed by atoms with E-state index in [1.54, 1.807) is 6.92 Å². The van der Waals surface area contributed by atoms with Crippen LogP contribution in [0.1, 0.15) is 53.4 Å². The molecule has 2 N–H and O–H groups in total. The molecule has 22 heavy (non-hydrogen) atoms. The molecule has 0 radical (unpaired) electrons. The molecule has 6 atom stereocenters. The van der Waals surface area contributed by atoms with Crippen LogP contribution in [-0.2, 0) is 0 Å². The van der Waals surface area contributed by atoms with E-state index < -0.39 is 12.2 Å². The smallest absolute Gasteiger partial charge is 0.100 e. The fraction of sp³-hybridized carbons (Fsp3) is 0.700. The lowest BCUT2D eigenvalue weighted by Crippen LogP contribution is -2.37. The summed E-state index contributed by atoms with van der Waals surface area (Å²) in [5, 5.41) is 20.1. The highest BCUT2D eigenvalue weighted by Gasteiger charge is 2.40. The minimum atomic E-state index is -0.818. The van der Waals surface area contributed by atoms with Crippen LogP contribution in [0.5, 0.6) is 0 Å². The van der Waals surface area contributed by atoms with Crippen molar-refractivity contribution in [2.24, 2.45) is 23.2 Å². The number of aliphatic hydroxyl groups excluding tert-OH is 2. The summed E-state index contributed by atoms with van der Waals surface area (Å²) in [5.74, 6) is 1.39. The minimum Gasteiger partial charge on any atom is -0.390 e.